The molecule has 3 heterocycles. The number of halogens is 1. The van der Waals surface area contributed by atoms with Crippen LogP contribution >= 0.6 is 34.7 Å². The molecule has 3 N–H and O–H groups in total. The van der Waals surface area contributed by atoms with Gasteiger partial charge in [0.2, 0.25) is 11.0 Å². The SMILES string of the molecule is Cc1cc(NC(=O)CSc2nnc(N3C(N)=C(C#N)C(c4ccc(Cl)cc4)C4=C3CCCC4=O)s2)no1. The predicted molar refractivity (Wildman–Crippen MR) is 140 cm³/mol. The van der Waals surface area contributed by atoms with Gasteiger partial charge in [0.1, 0.15) is 11.6 Å². The molecule has 2 aliphatic rings. The molecule has 0 radical (unpaired) electrons. The van der Waals surface area contributed by atoms with E-state index in [9.17, 15) is 14.9 Å². The minimum absolute atomic E-state index is 0.0228. The molecule has 0 fully saturated rings. The van der Waals surface area contributed by atoms with Crippen molar-refractivity contribution in [1.82, 2.24) is 15.4 Å². The summed E-state index contributed by atoms with van der Waals surface area (Å²) >= 11 is 8.51. The molecule has 188 valence electrons. The van der Waals surface area contributed by atoms with E-state index in [4.69, 9.17) is 21.9 Å². The average Bonchev–Trinajstić information content (AvgIpc) is 3.51. The Morgan fingerprint density at radius 2 is 2.14 bits per heavy atom. The quantitative estimate of drug-likeness (QED) is 0.416. The van der Waals surface area contributed by atoms with Gasteiger partial charge in [-0.1, -0.05) is 52.0 Å². The molecule has 10 nitrogen and oxygen atoms in total. The number of nitrogens with one attached hydrogen (secondary N) is 1. The van der Waals surface area contributed by atoms with E-state index >= 15 is 0 Å². The van der Waals surface area contributed by atoms with Crippen molar-refractivity contribution in [3.63, 3.8) is 0 Å². The summed E-state index contributed by atoms with van der Waals surface area (Å²) in [5.74, 6) is 0.357. The third kappa shape index (κ3) is 4.98. The minimum Gasteiger partial charge on any atom is -0.384 e. The zero-order valence-corrected chi connectivity index (χ0v) is 21.9. The molecular formula is C24H20ClN7O3S2. The number of carbonyl (C=O) groups is 2. The second-order valence-electron chi connectivity index (χ2n) is 8.38. The van der Waals surface area contributed by atoms with Gasteiger partial charge in [0.25, 0.3) is 0 Å². The minimum atomic E-state index is -0.577. The van der Waals surface area contributed by atoms with E-state index in [1.807, 2.05) is 12.1 Å². The van der Waals surface area contributed by atoms with Gasteiger partial charge < -0.3 is 15.6 Å². The number of nitrogens with two attached hydrogens (primary N) is 1. The highest BCUT2D eigenvalue weighted by molar-refractivity contribution is 8.01. The highest BCUT2D eigenvalue weighted by Gasteiger charge is 2.41. The topological polar surface area (TPSA) is 151 Å². The molecule has 1 aliphatic carbocycles. The Hall–Kier alpha value is -3.66. The van der Waals surface area contributed by atoms with Crippen molar-refractivity contribution < 1.29 is 14.1 Å². The molecule has 0 bridgehead atoms. The number of Topliss-reactive ketones (excluding diaryl/α,β-unsaturated/α-hetero) is 1. The maximum atomic E-state index is 13.2. The van der Waals surface area contributed by atoms with E-state index in [-0.39, 0.29) is 28.8 Å². The number of anilines is 2. The number of hydrogen-bond acceptors (Lipinski definition) is 11. The Morgan fingerprint density at radius 3 is 2.84 bits per heavy atom. The number of carbonyl (C=O) groups excluding carboxylic acids is 2. The van der Waals surface area contributed by atoms with Crippen LogP contribution in [0, 0.1) is 18.3 Å². The lowest BCUT2D eigenvalue weighted by molar-refractivity contribution is -0.116. The lowest BCUT2D eigenvalue weighted by Gasteiger charge is -2.38. The summed E-state index contributed by atoms with van der Waals surface area (Å²) in [4.78, 5) is 27.1. The molecule has 1 aromatic carbocycles. The van der Waals surface area contributed by atoms with Crippen LogP contribution in [0.2, 0.25) is 5.02 Å². The van der Waals surface area contributed by atoms with Crippen LogP contribution in [-0.2, 0) is 9.59 Å². The van der Waals surface area contributed by atoms with Gasteiger partial charge in [0.15, 0.2) is 15.9 Å². The van der Waals surface area contributed by atoms with Crippen LogP contribution in [0.15, 0.2) is 61.9 Å². The fourth-order valence-corrected chi connectivity index (χ4v) is 6.18. The Labute approximate surface area is 225 Å². The van der Waals surface area contributed by atoms with Crippen LogP contribution < -0.4 is 16.0 Å². The molecule has 3 aromatic rings. The summed E-state index contributed by atoms with van der Waals surface area (Å²) in [7, 11) is 0. The monoisotopic (exact) mass is 553 g/mol. The molecule has 0 saturated carbocycles. The van der Waals surface area contributed by atoms with Gasteiger partial charge in [0.05, 0.1) is 23.3 Å². The number of aryl methyl sites for hydroxylation is 1. The average molecular weight is 554 g/mol. The van der Waals surface area contributed by atoms with Crippen LogP contribution in [-0.4, -0.2) is 32.8 Å². The Balaban J connectivity index is 1.43. The molecule has 13 heteroatoms. The normalized spacial score (nSPS) is 17.6. The van der Waals surface area contributed by atoms with E-state index in [0.717, 1.165) is 11.3 Å². The summed E-state index contributed by atoms with van der Waals surface area (Å²) in [5, 5.41) is 26.0. The lowest BCUT2D eigenvalue weighted by Crippen LogP contribution is -2.38. The van der Waals surface area contributed by atoms with E-state index in [2.05, 4.69) is 26.7 Å². The van der Waals surface area contributed by atoms with E-state index < -0.39 is 5.92 Å². The summed E-state index contributed by atoms with van der Waals surface area (Å²) < 4.78 is 5.49. The number of hydrogen-bond donors (Lipinski definition) is 2. The summed E-state index contributed by atoms with van der Waals surface area (Å²) in [6, 6.07) is 10.9. The number of allylic oxidation sites excluding steroid dienone is 3. The summed E-state index contributed by atoms with van der Waals surface area (Å²) in [6.45, 7) is 1.73. The van der Waals surface area contributed by atoms with Crippen molar-refractivity contribution in [2.45, 2.75) is 36.4 Å². The molecule has 0 spiro atoms. The van der Waals surface area contributed by atoms with Gasteiger partial charge in [-0.2, -0.15) is 5.26 Å². The van der Waals surface area contributed by atoms with Crippen LogP contribution in [0.1, 0.15) is 36.5 Å². The summed E-state index contributed by atoms with van der Waals surface area (Å²) in [5.41, 5.74) is 8.87. The zero-order chi connectivity index (χ0) is 26.1. The highest BCUT2D eigenvalue weighted by atomic mass is 35.5. The number of nitrogens with zero attached hydrogens (tertiary/aromatic N) is 5. The second kappa shape index (κ2) is 10.4. The number of aromatic nitrogens is 3. The van der Waals surface area contributed by atoms with Crippen LogP contribution in [0.25, 0.3) is 0 Å². The van der Waals surface area contributed by atoms with Gasteiger partial charge in [0, 0.05) is 28.8 Å². The molecule has 1 unspecified atom stereocenters. The first-order valence-electron chi connectivity index (χ1n) is 11.3. The molecule has 2 aromatic heterocycles. The number of benzene rings is 1. The Bertz CT molecular complexity index is 1490. The van der Waals surface area contributed by atoms with Crippen molar-refractivity contribution in [3.05, 3.63) is 69.3 Å². The maximum Gasteiger partial charge on any atom is 0.236 e. The first-order valence-corrected chi connectivity index (χ1v) is 13.4. The van der Waals surface area contributed by atoms with Gasteiger partial charge in [-0.15, -0.1) is 10.2 Å². The van der Waals surface area contributed by atoms with Gasteiger partial charge in [-0.05, 0) is 37.5 Å². The summed E-state index contributed by atoms with van der Waals surface area (Å²) in [6.07, 6.45) is 1.66. The first-order chi connectivity index (χ1) is 17.9. The van der Waals surface area contributed by atoms with Gasteiger partial charge in [-0.25, -0.2) is 0 Å². The number of ketones is 1. The van der Waals surface area contributed by atoms with Crippen LogP contribution in [0.3, 0.4) is 0 Å². The standard InChI is InChI=1S/C24H20ClN7O3S2/c1-12-9-18(31-35-12)28-19(34)11-36-24-30-29-23(37-24)32-16-3-2-4-17(33)21(16)20(15(10-26)22(32)27)13-5-7-14(25)8-6-13/h5-9,20H,2-4,11,27H2,1H3,(H,28,31,34). The van der Waals surface area contributed by atoms with E-state index in [0.29, 0.717) is 50.9 Å². The Kier molecular flexibility index (Phi) is 7.01. The van der Waals surface area contributed by atoms with Crippen molar-refractivity contribution in [2.24, 2.45) is 5.73 Å². The lowest BCUT2D eigenvalue weighted by atomic mass is 9.76. The third-order valence-electron chi connectivity index (χ3n) is 5.93. The van der Waals surface area contributed by atoms with Crippen molar-refractivity contribution in [3.8, 4) is 6.07 Å². The van der Waals surface area contributed by atoms with Crippen molar-refractivity contribution >= 4 is 57.3 Å². The zero-order valence-electron chi connectivity index (χ0n) is 19.5. The molecule has 1 amide bonds. The largest absolute Gasteiger partial charge is 0.384 e. The Morgan fingerprint density at radius 1 is 1.35 bits per heavy atom. The second-order valence-corrected chi connectivity index (χ2v) is 11.0. The number of nitriles is 1. The molecule has 37 heavy (non-hydrogen) atoms. The van der Waals surface area contributed by atoms with E-state index in [1.54, 1.807) is 30.0 Å². The molecule has 1 aliphatic heterocycles. The molecule has 1 atom stereocenters. The van der Waals surface area contributed by atoms with Gasteiger partial charge >= 0.3 is 0 Å². The first kappa shape index (κ1) is 25.0. The number of thioether (sulfide) groups is 1. The van der Waals surface area contributed by atoms with Crippen molar-refractivity contribution in [1.29, 1.82) is 5.26 Å². The van der Waals surface area contributed by atoms with Crippen LogP contribution in [0.4, 0.5) is 10.9 Å². The number of amides is 1. The van der Waals surface area contributed by atoms with Gasteiger partial charge in [-0.3, -0.25) is 14.5 Å². The molecule has 5 rings (SSSR count). The molecular weight excluding hydrogens is 534 g/mol. The van der Waals surface area contributed by atoms with E-state index in [1.165, 1.54) is 23.1 Å². The number of rotatable bonds is 6. The third-order valence-corrected chi connectivity index (χ3v) is 8.22. The highest BCUT2D eigenvalue weighted by Crippen LogP contribution is 2.47. The smallest absolute Gasteiger partial charge is 0.236 e. The molecule has 0 saturated heterocycles. The fourth-order valence-electron chi connectivity index (χ4n) is 4.38. The van der Waals surface area contributed by atoms with Crippen molar-refractivity contribution in [2.75, 3.05) is 16.0 Å². The van der Waals surface area contributed by atoms with Crippen LogP contribution in [0.5, 0.6) is 0 Å². The predicted octanol–water partition coefficient (Wildman–Crippen LogP) is 4.52. The maximum absolute atomic E-state index is 13.2. The fraction of sp³-hybridized carbons (Fsp3) is 0.250.